The van der Waals surface area contributed by atoms with Gasteiger partial charge in [0, 0.05) is 18.2 Å². The summed E-state index contributed by atoms with van der Waals surface area (Å²) in [6.07, 6.45) is 8.83. The van der Waals surface area contributed by atoms with Gasteiger partial charge in [-0.3, -0.25) is 0 Å². The second-order valence-corrected chi connectivity index (χ2v) is 5.76. The maximum absolute atomic E-state index is 4.48. The molecule has 0 amide bonds. The van der Waals surface area contributed by atoms with E-state index in [1.807, 2.05) is 0 Å². The van der Waals surface area contributed by atoms with Gasteiger partial charge in [-0.1, -0.05) is 33.6 Å². The van der Waals surface area contributed by atoms with Crippen molar-refractivity contribution in [1.29, 1.82) is 0 Å². The molecule has 1 aromatic heterocycles. The highest BCUT2D eigenvalue weighted by atomic mass is 15.1. The number of hydrogen-bond acceptors (Lipinski definition) is 4. The molecule has 2 N–H and O–H groups in total. The van der Waals surface area contributed by atoms with Gasteiger partial charge in [-0.15, -0.1) is 0 Å². The minimum absolute atomic E-state index is 0.625. The zero-order chi connectivity index (χ0) is 14.4. The highest BCUT2D eigenvalue weighted by Crippen LogP contribution is 2.38. The van der Waals surface area contributed by atoms with E-state index in [0.29, 0.717) is 6.04 Å². The van der Waals surface area contributed by atoms with Crippen molar-refractivity contribution in [3.8, 4) is 0 Å². The van der Waals surface area contributed by atoms with Crippen LogP contribution in [-0.4, -0.2) is 22.6 Å². The molecule has 1 aromatic rings. The first kappa shape index (κ1) is 15.1. The fourth-order valence-corrected chi connectivity index (χ4v) is 2.71. The Morgan fingerprint density at radius 2 is 1.90 bits per heavy atom. The quantitative estimate of drug-likeness (QED) is 0.719. The summed E-state index contributed by atoms with van der Waals surface area (Å²) in [5.74, 6) is 2.90. The summed E-state index contributed by atoms with van der Waals surface area (Å²) in [5, 5.41) is 7.06. The Bertz CT molecular complexity index is 419. The van der Waals surface area contributed by atoms with Crippen molar-refractivity contribution >= 4 is 11.6 Å². The van der Waals surface area contributed by atoms with Crippen LogP contribution < -0.4 is 10.6 Å². The number of rotatable bonds is 9. The third kappa shape index (κ3) is 3.84. The van der Waals surface area contributed by atoms with Gasteiger partial charge in [-0.2, -0.15) is 0 Å². The van der Waals surface area contributed by atoms with Crippen molar-refractivity contribution < 1.29 is 0 Å². The number of aromatic nitrogens is 2. The third-order valence-electron chi connectivity index (χ3n) is 3.89. The molecule has 20 heavy (non-hydrogen) atoms. The summed E-state index contributed by atoms with van der Waals surface area (Å²) >= 11 is 0. The molecule has 4 nitrogen and oxygen atoms in total. The molecule has 0 saturated heterocycles. The van der Waals surface area contributed by atoms with Crippen LogP contribution in [-0.2, 0) is 6.42 Å². The summed E-state index contributed by atoms with van der Waals surface area (Å²) in [4.78, 5) is 8.89. The molecule has 0 aliphatic heterocycles. The molecule has 0 bridgehead atoms. The Morgan fingerprint density at radius 3 is 2.60 bits per heavy atom. The van der Waals surface area contributed by atoms with Gasteiger partial charge in [0.05, 0.1) is 0 Å². The van der Waals surface area contributed by atoms with Crippen LogP contribution in [0.5, 0.6) is 0 Å². The van der Waals surface area contributed by atoms with Crippen molar-refractivity contribution in [2.24, 2.45) is 5.92 Å². The lowest BCUT2D eigenvalue weighted by molar-refractivity contribution is 0.691. The van der Waals surface area contributed by atoms with E-state index in [4.69, 9.17) is 0 Å². The average molecular weight is 276 g/mol. The van der Waals surface area contributed by atoms with E-state index in [0.717, 1.165) is 43.4 Å². The molecule has 2 atom stereocenters. The molecular weight excluding hydrogens is 248 g/mol. The van der Waals surface area contributed by atoms with Crippen LogP contribution in [0.4, 0.5) is 11.6 Å². The van der Waals surface area contributed by atoms with Crippen LogP contribution >= 0.6 is 0 Å². The maximum Gasteiger partial charge on any atom is 0.134 e. The highest BCUT2D eigenvalue weighted by Gasteiger charge is 2.36. The standard InChI is InChI=1S/C16H28N4/c1-4-7-12-10-14(12)20-16-13(8-5-2)15(17-9-6-3)18-11-19-16/h11-12,14H,4-10H2,1-3H3,(H2,17,18,19,20). The summed E-state index contributed by atoms with van der Waals surface area (Å²) < 4.78 is 0. The average Bonchev–Trinajstić information content (AvgIpc) is 3.18. The molecule has 2 rings (SSSR count). The number of nitrogens with zero attached hydrogens (tertiary/aromatic N) is 2. The predicted molar refractivity (Wildman–Crippen MR) is 85.2 cm³/mol. The monoisotopic (exact) mass is 276 g/mol. The molecule has 112 valence electrons. The van der Waals surface area contributed by atoms with Crippen molar-refractivity contribution in [3.05, 3.63) is 11.9 Å². The lowest BCUT2D eigenvalue weighted by atomic mass is 10.1. The third-order valence-corrected chi connectivity index (χ3v) is 3.89. The molecule has 0 aromatic carbocycles. The van der Waals surface area contributed by atoms with E-state index in [-0.39, 0.29) is 0 Å². The van der Waals surface area contributed by atoms with Crippen LogP contribution in [0.2, 0.25) is 0 Å². The SMILES string of the molecule is CCCNc1ncnc(NC2CC2CCC)c1CCC. The van der Waals surface area contributed by atoms with Gasteiger partial charge in [0.15, 0.2) is 0 Å². The first-order chi connectivity index (χ1) is 9.80. The summed E-state index contributed by atoms with van der Waals surface area (Å²) in [6, 6.07) is 0.625. The van der Waals surface area contributed by atoms with E-state index in [2.05, 4.69) is 41.4 Å². The largest absolute Gasteiger partial charge is 0.370 e. The van der Waals surface area contributed by atoms with Crippen LogP contribution in [0.3, 0.4) is 0 Å². The van der Waals surface area contributed by atoms with E-state index in [1.54, 1.807) is 6.33 Å². The summed E-state index contributed by atoms with van der Waals surface area (Å²) in [6.45, 7) is 7.61. The Hall–Kier alpha value is -1.32. The number of hydrogen-bond donors (Lipinski definition) is 2. The Labute approximate surface area is 122 Å². The van der Waals surface area contributed by atoms with Crippen molar-refractivity contribution in [3.63, 3.8) is 0 Å². The smallest absolute Gasteiger partial charge is 0.134 e. The second kappa shape index (κ2) is 7.46. The maximum atomic E-state index is 4.48. The zero-order valence-electron chi connectivity index (χ0n) is 13.1. The number of nitrogens with one attached hydrogen (secondary N) is 2. The molecule has 2 unspecified atom stereocenters. The van der Waals surface area contributed by atoms with Gasteiger partial charge < -0.3 is 10.6 Å². The van der Waals surface area contributed by atoms with Gasteiger partial charge in [0.25, 0.3) is 0 Å². The molecule has 4 heteroatoms. The van der Waals surface area contributed by atoms with E-state index in [1.165, 1.54) is 24.8 Å². The van der Waals surface area contributed by atoms with Gasteiger partial charge in [0.2, 0.25) is 0 Å². The molecule has 1 heterocycles. The Kier molecular flexibility index (Phi) is 5.62. The Balaban J connectivity index is 2.06. The highest BCUT2D eigenvalue weighted by molar-refractivity contribution is 5.58. The first-order valence-electron chi connectivity index (χ1n) is 8.14. The molecule has 0 spiro atoms. The van der Waals surface area contributed by atoms with Crippen molar-refractivity contribution in [2.75, 3.05) is 17.2 Å². The second-order valence-electron chi connectivity index (χ2n) is 5.76. The summed E-state index contributed by atoms with van der Waals surface area (Å²) in [7, 11) is 0. The molecule has 1 fully saturated rings. The molecule has 1 aliphatic rings. The molecular formula is C16H28N4. The predicted octanol–water partition coefficient (Wildman–Crippen LogP) is 3.85. The van der Waals surface area contributed by atoms with Crippen molar-refractivity contribution in [2.45, 2.75) is 65.3 Å². The van der Waals surface area contributed by atoms with Crippen LogP contribution in [0.15, 0.2) is 6.33 Å². The van der Waals surface area contributed by atoms with Crippen molar-refractivity contribution in [1.82, 2.24) is 9.97 Å². The summed E-state index contributed by atoms with van der Waals surface area (Å²) in [5.41, 5.74) is 1.26. The van der Waals surface area contributed by atoms with E-state index >= 15 is 0 Å². The lowest BCUT2D eigenvalue weighted by Gasteiger charge is -2.15. The minimum atomic E-state index is 0.625. The van der Waals surface area contributed by atoms with Crippen LogP contribution in [0.1, 0.15) is 58.4 Å². The van der Waals surface area contributed by atoms with E-state index in [9.17, 15) is 0 Å². The number of anilines is 2. The molecule has 0 radical (unpaired) electrons. The van der Waals surface area contributed by atoms with E-state index < -0.39 is 0 Å². The van der Waals surface area contributed by atoms with Crippen LogP contribution in [0.25, 0.3) is 0 Å². The lowest BCUT2D eigenvalue weighted by Crippen LogP contribution is -2.13. The topological polar surface area (TPSA) is 49.8 Å². The zero-order valence-corrected chi connectivity index (χ0v) is 13.1. The fourth-order valence-electron chi connectivity index (χ4n) is 2.71. The first-order valence-corrected chi connectivity index (χ1v) is 8.14. The fraction of sp³-hybridized carbons (Fsp3) is 0.750. The van der Waals surface area contributed by atoms with Crippen LogP contribution in [0, 0.1) is 5.92 Å². The minimum Gasteiger partial charge on any atom is -0.370 e. The Morgan fingerprint density at radius 1 is 1.10 bits per heavy atom. The normalized spacial score (nSPS) is 20.8. The molecule has 1 saturated carbocycles. The van der Waals surface area contributed by atoms with Gasteiger partial charge in [-0.25, -0.2) is 9.97 Å². The van der Waals surface area contributed by atoms with Gasteiger partial charge in [-0.05, 0) is 31.6 Å². The van der Waals surface area contributed by atoms with Gasteiger partial charge >= 0.3 is 0 Å². The molecule has 1 aliphatic carbocycles. The van der Waals surface area contributed by atoms with Gasteiger partial charge in [0.1, 0.15) is 18.0 Å².